The van der Waals surface area contributed by atoms with Gasteiger partial charge in [0.25, 0.3) is 16.8 Å². The minimum Gasteiger partial charge on any atom is -0.497 e. The average Bonchev–Trinajstić information content (AvgIpc) is 3.93. The lowest BCUT2D eigenvalue weighted by Gasteiger charge is -2.37. The Hall–Kier alpha value is -6.55. The van der Waals surface area contributed by atoms with Crippen LogP contribution in [-0.2, 0) is 40.7 Å². The molecule has 0 radical (unpaired) electrons. The van der Waals surface area contributed by atoms with E-state index in [1.807, 2.05) is 78.9 Å². The van der Waals surface area contributed by atoms with Gasteiger partial charge in [-0.1, -0.05) is 54.6 Å². The summed E-state index contributed by atoms with van der Waals surface area (Å²) in [6.07, 6.45) is -3.85. The fourth-order valence-electron chi connectivity index (χ4n) is 8.22. The predicted molar refractivity (Wildman–Crippen MR) is 252 cm³/mol. The largest absolute Gasteiger partial charge is 0.497 e. The summed E-state index contributed by atoms with van der Waals surface area (Å²) in [5.74, 6) is 1.26. The molecular weight excluding hydrogens is 938 g/mol. The molecule has 2 fully saturated rings. The van der Waals surface area contributed by atoms with Crippen LogP contribution < -0.4 is 36.5 Å². The van der Waals surface area contributed by atoms with Crippen molar-refractivity contribution < 1.29 is 47.3 Å². The molecule has 2 aromatic heterocycles. The van der Waals surface area contributed by atoms with Crippen LogP contribution in [-0.4, -0.2) is 81.0 Å². The van der Waals surface area contributed by atoms with Crippen molar-refractivity contribution in [3.05, 3.63) is 195 Å². The van der Waals surface area contributed by atoms with Gasteiger partial charge in [-0.3, -0.25) is 47.9 Å². The summed E-state index contributed by atoms with van der Waals surface area (Å²) in [4.78, 5) is 66.2. The van der Waals surface area contributed by atoms with Crippen LogP contribution in [0.4, 0.5) is 5.69 Å². The number of nitrogens with zero attached hydrogens (tertiary/aromatic N) is 3. The molecule has 4 heterocycles. The van der Waals surface area contributed by atoms with Crippen molar-refractivity contribution in [2.75, 3.05) is 27.4 Å². The standard InChI is InChI=1S/C47H48N5O15PS/c1-28-24-50(45(56)48-43(28)54)41-22-37(53)39(64-41)27-63-68(69,66-36-20-14-33(15-21-36)52(58)59)67-38-23-42(51-25-29(2)44(55)49-46(51)57)65-40(38)26-62-47(30-8-6-5-7-9-30,31-10-16-34(60-3)17-11-31)32-12-18-35(61-4)19-13-32/h5-21,24-25,37-42,53H,22-23,26-27H2,1-4H3,(H,48,54,56)(H,49,55,57)/t37-,38-,39+,40+,41+,42+,68-/m0/s1. The Balaban J connectivity index is 1.17. The Labute approximate surface area is 398 Å². The average molecular weight is 986 g/mol. The normalized spacial score (nSPS) is 21.1. The molecule has 362 valence electrons. The Morgan fingerprint density at radius 1 is 0.725 bits per heavy atom. The number of rotatable bonds is 18. The van der Waals surface area contributed by atoms with Crippen LogP contribution in [0.25, 0.3) is 0 Å². The number of benzene rings is 4. The SMILES string of the molecule is COc1ccc(C(OC[C@H]2O[C@@H](n3cc(C)c(=O)[nH]c3=O)C[C@@H]2O[P@](=S)(OC[C@H]2O[C@@H](n3cc(C)c(=O)[nH]c3=O)C[C@@H]2O)Oc2ccc([N+](=O)[O-])cc2)(c2ccccc2)c2ccc(OC)cc2)cc1. The molecule has 69 heavy (non-hydrogen) atoms. The molecule has 3 N–H and O–H groups in total. The number of aryl methyl sites for hydroxylation is 2. The summed E-state index contributed by atoms with van der Waals surface area (Å²) >= 11 is 6.10. The summed E-state index contributed by atoms with van der Waals surface area (Å²) in [5.41, 5.74) is -1.54. The van der Waals surface area contributed by atoms with Crippen LogP contribution in [0, 0.1) is 24.0 Å². The van der Waals surface area contributed by atoms with E-state index < -0.39 is 83.2 Å². The third-order valence-corrected chi connectivity index (χ3v) is 14.1. The first-order valence-corrected chi connectivity index (χ1v) is 24.1. The number of nitro groups is 1. The zero-order valence-corrected chi connectivity index (χ0v) is 39.3. The maximum Gasteiger partial charge on any atom is 0.381 e. The van der Waals surface area contributed by atoms with E-state index in [1.165, 1.54) is 48.1 Å². The number of methoxy groups -OCH3 is 2. The number of hydrogen-bond donors (Lipinski definition) is 3. The van der Waals surface area contributed by atoms with E-state index in [2.05, 4.69) is 9.97 Å². The third-order valence-electron chi connectivity index (χ3n) is 11.9. The van der Waals surface area contributed by atoms with Gasteiger partial charge in [0.1, 0.15) is 53.6 Å². The van der Waals surface area contributed by atoms with E-state index in [4.69, 9.17) is 49.1 Å². The summed E-state index contributed by atoms with van der Waals surface area (Å²) in [7, 11) is 3.13. The smallest absolute Gasteiger partial charge is 0.381 e. The van der Waals surface area contributed by atoms with E-state index >= 15 is 0 Å². The van der Waals surface area contributed by atoms with E-state index in [0.717, 1.165) is 10.1 Å². The molecule has 2 aliphatic rings. The highest BCUT2D eigenvalue weighted by atomic mass is 32.5. The van der Waals surface area contributed by atoms with Crippen LogP contribution >= 0.6 is 6.72 Å². The van der Waals surface area contributed by atoms with Crippen LogP contribution in [0.15, 0.2) is 135 Å². The Morgan fingerprint density at radius 2 is 1.22 bits per heavy atom. The molecule has 2 aliphatic heterocycles. The quantitative estimate of drug-likeness (QED) is 0.0429. The van der Waals surface area contributed by atoms with Gasteiger partial charge in [-0.2, -0.15) is 0 Å². The second-order valence-electron chi connectivity index (χ2n) is 16.3. The number of aliphatic hydroxyl groups excluding tert-OH is 1. The van der Waals surface area contributed by atoms with Gasteiger partial charge < -0.3 is 33.3 Å². The molecule has 0 unspecified atom stereocenters. The lowest BCUT2D eigenvalue weighted by molar-refractivity contribution is -0.384. The molecule has 8 rings (SSSR count). The second-order valence-corrected chi connectivity index (χ2v) is 19.2. The number of hydrogen-bond acceptors (Lipinski definition) is 16. The zero-order valence-electron chi connectivity index (χ0n) is 37.6. The van der Waals surface area contributed by atoms with Crippen LogP contribution in [0.2, 0.25) is 0 Å². The molecule has 0 bridgehead atoms. The highest BCUT2D eigenvalue weighted by Crippen LogP contribution is 2.54. The van der Waals surface area contributed by atoms with Gasteiger partial charge in [0.05, 0.1) is 38.5 Å². The van der Waals surface area contributed by atoms with Crippen molar-refractivity contribution in [3.63, 3.8) is 0 Å². The Morgan fingerprint density at radius 3 is 1.74 bits per heavy atom. The molecule has 6 aromatic rings. The number of H-pyrrole nitrogens is 2. The van der Waals surface area contributed by atoms with Crippen LogP contribution in [0.5, 0.6) is 17.2 Å². The van der Waals surface area contributed by atoms with Gasteiger partial charge in [-0.15, -0.1) is 0 Å². The fourth-order valence-corrected chi connectivity index (χ4v) is 10.4. The van der Waals surface area contributed by atoms with Gasteiger partial charge in [0.15, 0.2) is 0 Å². The Bertz CT molecular complexity index is 3030. The van der Waals surface area contributed by atoms with Crippen molar-refractivity contribution in [2.24, 2.45) is 0 Å². The van der Waals surface area contributed by atoms with Crippen molar-refractivity contribution in [1.29, 1.82) is 0 Å². The number of nitrogens with one attached hydrogen (secondary N) is 2. The molecule has 0 aliphatic carbocycles. The lowest BCUT2D eigenvalue weighted by Crippen LogP contribution is -2.38. The maximum absolute atomic E-state index is 13.4. The predicted octanol–water partition coefficient (Wildman–Crippen LogP) is 5.28. The minimum absolute atomic E-state index is 0.0443. The van der Waals surface area contributed by atoms with Gasteiger partial charge in [0, 0.05) is 60.3 Å². The van der Waals surface area contributed by atoms with E-state index in [9.17, 15) is 34.4 Å². The number of aromatic nitrogens is 4. The zero-order chi connectivity index (χ0) is 49.0. The molecule has 0 amide bonds. The number of aromatic amines is 2. The first-order chi connectivity index (χ1) is 33.1. The molecule has 4 aromatic carbocycles. The molecule has 7 atom stereocenters. The minimum atomic E-state index is -4.12. The first-order valence-electron chi connectivity index (χ1n) is 21.6. The summed E-state index contributed by atoms with van der Waals surface area (Å²) in [5, 5.41) is 22.7. The second kappa shape index (κ2) is 20.6. The van der Waals surface area contributed by atoms with Gasteiger partial charge in [-0.05, 0) is 66.9 Å². The van der Waals surface area contributed by atoms with Crippen molar-refractivity contribution in [2.45, 2.75) is 69.2 Å². The van der Waals surface area contributed by atoms with E-state index in [-0.39, 0.29) is 42.0 Å². The summed E-state index contributed by atoms with van der Waals surface area (Å²) < 4.78 is 52.7. The first kappa shape index (κ1) is 48.9. The van der Waals surface area contributed by atoms with Crippen molar-refractivity contribution in [3.8, 4) is 17.2 Å². The third kappa shape index (κ3) is 10.6. The molecular formula is C47H48N5O15PS. The summed E-state index contributed by atoms with van der Waals surface area (Å²) in [6, 6.07) is 29.4. The van der Waals surface area contributed by atoms with Gasteiger partial charge in [0.2, 0.25) is 0 Å². The number of non-ortho nitro benzene ring substituents is 1. The van der Waals surface area contributed by atoms with E-state index in [1.54, 1.807) is 21.1 Å². The molecule has 2 saturated heterocycles. The van der Waals surface area contributed by atoms with Gasteiger partial charge in [-0.25, -0.2) is 9.59 Å². The molecule has 22 heteroatoms. The van der Waals surface area contributed by atoms with Crippen molar-refractivity contribution >= 4 is 24.2 Å². The van der Waals surface area contributed by atoms with Crippen LogP contribution in [0.3, 0.4) is 0 Å². The highest BCUT2D eigenvalue weighted by molar-refractivity contribution is 8.07. The topological polar surface area (TPSA) is 247 Å². The highest BCUT2D eigenvalue weighted by Gasteiger charge is 2.46. The van der Waals surface area contributed by atoms with Gasteiger partial charge >= 0.3 is 18.1 Å². The molecule has 0 saturated carbocycles. The molecule has 0 spiro atoms. The monoisotopic (exact) mass is 985 g/mol. The molecule has 20 nitrogen and oxygen atoms in total. The van der Waals surface area contributed by atoms with Crippen LogP contribution in [0.1, 0.15) is 53.1 Å². The number of ether oxygens (including phenoxy) is 5. The van der Waals surface area contributed by atoms with Crippen molar-refractivity contribution in [1.82, 2.24) is 19.1 Å². The number of nitro benzene ring substituents is 1. The Kier molecular flexibility index (Phi) is 14.6. The summed E-state index contributed by atoms with van der Waals surface area (Å²) in [6.45, 7) is -1.71. The number of aliphatic hydroxyl groups is 1. The van der Waals surface area contributed by atoms with E-state index in [0.29, 0.717) is 22.6 Å². The maximum atomic E-state index is 13.4. The fraction of sp³-hybridized carbons (Fsp3) is 0.319. The lowest BCUT2D eigenvalue weighted by atomic mass is 9.80.